The largest absolute Gasteiger partial charge is 0.348 e. The minimum atomic E-state index is -0.257. The number of carbonyl (C=O) groups is 2. The zero-order valence-corrected chi connectivity index (χ0v) is 16.0. The fraction of sp³-hybridized carbons (Fsp3) is 0.217. The molecule has 0 fully saturated rings. The number of nitrogens with zero attached hydrogens (tertiary/aromatic N) is 2. The van der Waals surface area contributed by atoms with E-state index in [0.717, 1.165) is 22.6 Å². The number of ketones is 1. The van der Waals surface area contributed by atoms with Crippen molar-refractivity contribution in [3.8, 4) is 0 Å². The molecule has 0 aliphatic carbocycles. The number of aromatic nitrogens is 1. The minimum absolute atomic E-state index is 0.0738. The zero-order valence-electron chi connectivity index (χ0n) is 16.0. The number of fused-ring (bicyclic) bond motifs is 1. The summed E-state index contributed by atoms with van der Waals surface area (Å²) < 4.78 is 2.00. The van der Waals surface area contributed by atoms with E-state index in [1.54, 1.807) is 4.90 Å². The summed E-state index contributed by atoms with van der Waals surface area (Å²) in [4.78, 5) is 27.6. The molecule has 1 amide bonds. The smallest absolute Gasteiger partial charge is 0.261 e. The maximum absolute atomic E-state index is 13.5. The molecule has 4 rings (SSSR count). The molecule has 2 aromatic carbocycles. The van der Waals surface area contributed by atoms with Gasteiger partial charge in [0.15, 0.2) is 5.78 Å². The highest BCUT2D eigenvalue weighted by Crippen LogP contribution is 2.44. The van der Waals surface area contributed by atoms with Crippen molar-refractivity contribution in [3.63, 3.8) is 0 Å². The molecule has 0 saturated carbocycles. The Morgan fingerprint density at radius 3 is 2.19 bits per heavy atom. The lowest BCUT2D eigenvalue weighted by Crippen LogP contribution is -2.30. The summed E-state index contributed by atoms with van der Waals surface area (Å²) in [6, 6.07) is 17.6. The molecule has 136 valence electrons. The van der Waals surface area contributed by atoms with Crippen molar-refractivity contribution in [3.05, 3.63) is 88.2 Å². The molecule has 0 saturated heterocycles. The Morgan fingerprint density at radius 1 is 0.963 bits per heavy atom. The van der Waals surface area contributed by atoms with E-state index >= 15 is 0 Å². The average Bonchev–Trinajstić information content (AvgIpc) is 3.09. The number of amides is 1. The monoisotopic (exact) mass is 358 g/mol. The molecule has 4 heteroatoms. The first-order valence-electron chi connectivity index (χ1n) is 9.07. The number of benzene rings is 2. The Morgan fingerprint density at radius 2 is 1.59 bits per heavy atom. The van der Waals surface area contributed by atoms with Crippen molar-refractivity contribution in [2.75, 3.05) is 4.90 Å². The van der Waals surface area contributed by atoms with E-state index < -0.39 is 0 Å². The molecular formula is C23H22N2O2. The van der Waals surface area contributed by atoms with Gasteiger partial charge in [-0.1, -0.05) is 48.0 Å². The van der Waals surface area contributed by atoms with E-state index in [1.807, 2.05) is 55.8 Å². The highest BCUT2D eigenvalue weighted by Gasteiger charge is 2.44. The van der Waals surface area contributed by atoms with Gasteiger partial charge in [0.1, 0.15) is 6.04 Å². The highest BCUT2D eigenvalue weighted by atomic mass is 16.2. The van der Waals surface area contributed by atoms with Crippen LogP contribution >= 0.6 is 0 Å². The number of anilines is 1. The fourth-order valence-electron chi connectivity index (χ4n) is 4.06. The Bertz CT molecular complexity index is 1050. The number of carbonyl (C=O) groups excluding carboxylic acids is 2. The molecule has 3 aromatic rings. The van der Waals surface area contributed by atoms with Gasteiger partial charge in [0.05, 0.1) is 16.8 Å². The van der Waals surface area contributed by atoms with Gasteiger partial charge in [-0.3, -0.25) is 14.5 Å². The predicted molar refractivity (Wildman–Crippen MR) is 106 cm³/mol. The Kier molecular flexibility index (Phi) is 3.99. The number of hydrogen-bond donors (Lipinski definition) is 0. The van der Waals surface area contributed by atoms with E-state index in [4.69, 9.17) is 0 Å². The number of para-hydroxylation sites is 1. The van der Waals surface area contributed by atoms with E-state index in [2.05, 4.69) is 24.3 Å². The molecule has 1 aliphatic heterocycles. The minimum Gasteiger partial charge on any atom is -0.348 e. The molecular weight excluding hydrogens is 336 g/mol. The maximum Gasteiger partial charge on any atom is 0.261 e. The Labute approximate surface area is 159 Å². The van der Waals surface area contributed by atoms with Gasteiger partial charge in [-0.15, -0.1) is 0 Å². The SMILES string of the molecule is CC(=O)c1c2c(n(C)c1C)C(c1ccc(C)cc1)N(c1ccccc1)C2=O. The standard InChI is InChI=1S/C23H22N2O2/c1-14-10-12-17(13-11-14)21-22-20(19(16(3)26)15(2)24(22)4)23(27)25(21)18-8-6-5-7-9-18/h5-13,21H,1-4H3. The average molecular weight is 358 g/mol. The molecule has 4 nitrogen and oxygen atoms in total. The second-order valence-corrected chi connectivity index (χ2v) is 7.16. The molecule has 1 aromatic heterocycles. The quantitative estimate of drug-likeness (QED) is 0.643. The molecule has 27 heavy (non-hydrogen) atoms. The Balaban J connectivity index is 2.01. The van der Waals surface area contributed by atoms with E-state index in [1.165, 1.54) is 12.5 Å². The fourth-order valence-corrected chi connectivity index (χ4v) is 4.06. The van der Waals surface area contributed by atoms with Crippen molar-refractivity contribution < 1.29 is 9.59 Å². The molecule has 1 unspecified atom stereocenters. The first-order valence-corrected chi connectivity index (χ1v) is 9.07. The lowest BCUT2D eigenvalue weighted by molar-refractivity contribution is 0.0970. The summed E-state index contributed by atoms with van der Waals surface area (Å²) in [6.45, 7) is 5.48. The van der Waals surface area contributed by atoms with Crippen LogP contribution in [0.2, 0.25) is 0 Å². The molecule has 1 aliphatic rings. The highest BCUT2D eigenvalue weighted by molar-refractivity contribution is 6.18. The van der Waals surface area contributed by atoms with Gasteiger partial charge in [-0.05, 0) is 38.5 Å². The third kappa shape index (κ3) is 2.52. The van der Waals surface area contributed by atoms with Gasteiger partial charge in [0.2, 0.25) is 0 Å². The lowest BCUT2D eigenvalue weighted by atomic mass is 10.0. The maximum atomic E-state index is 13.5. The summed E-state index contributed by atoms with van der Waals surface area (Å²) in [7, 11) is 1.93. The van der Waals surface area contributed by atoms with Crippen LogP contribution in [0.1, 0.15) is 56.2 Å². The van der Waals surface area contributed by atoms with Crippen molar-refractivity contribution in [2.24, 2.45) is 7.05 Å². The van der Waals surface area contributed by atoms with Crippen molar-refractivity contribution >= 4 is 17.4 Å². The Hall–Kier alpha value is -3.14. The predicted octanol–water partition coefficient (Wildman–Crippen LogP) is 4.59. The number of hydrogen-bond acceptors (Lipinski definition) is 2. The molecule has 2 heterocycles. The van der Waals surface area contributed by atoms with E-state index in [0.29, 0.717) is 11.1 Å². The first kappa shape index (κ1) is 17.3. The first-order chi connectivity index (χ1) is 12.9. The van der Waals surface area contributed by atoms with Gasteiger partial charge in [0, 0.05) is 18.4 Å². The third-order valence-corrected chi connectivity index (χ3v) is 5.46. The van der Waals surface area contributed by atoms with Crippen molar-refractivity contribution in [1.82, 2.24) is 4.57 Å². The zero-order chi connectivity index (χ0) is 19.3. The van der Waals surface area contributed by atoms with Gasteiger partial charge >= 0.3 is 0 Å². The van der Waals surface area contributed by atoms with E-state index in [9.17, 15) is 9.59 Å². The lowest BCUT2D eigenvalue weighted by Gasteiger charge is -2.27. The van der Waals surface area contributed by atoms with Crippen LogP contribution in [0, 0.1) is 13.8 Å². The van der Waals surface area contributed by atoms with Crippen LogP contribution in [0.25, 0.3) is 0 Å². The molecule has 0 spiro atoms. The topological polar surface area (TPSA) is 42.3 Å². The summed E-state index contributed by atoms with van der Waals surface area (Å²) in [5.41, 5.74) is 5.83. The molecule has 0 bridgehead atoms. The number of rotatable bonds is 3. The number of aryl methyl sites for hydroxylation is 1. The van der Waals surface area contributed by atoms with Crippen LogP contribution in [0.3, 0.4) is 0 Å². The number of Topliss-reactive ketones (excluding diaryl/α,β-unsaturated/α-hetero) is 1. The van der Waals surface area contributed by atoms with E-state index in [-0.39, 0.29) is 17.7 Å². The third-order valence-electron chi connectivity index (χ3n) is 5.46. The van der Waals surface area contributed by atoms with Crippen LogP contribution in [0.4, 0.5) is 5.69 Å². The van der Waals surface area contributed by atoms with Gasteiger partial charge in [-0.2, -0.15) is 0 Å². The second-order valence-electron chi connectivity index (χ2n) is 7.16. The molecule has 0 N–H and O–H groups in total. The van der Waals surface area contributed by atoms with Gasteiger partial charge < -0.3 is 4.57 Å². The van der Waals surface area contributed by atoms with Crippen LogP contribution in [-0.2, 0) is 7.05 Å². The summed E-state index contributed by atoms with van der Waals surface area (Å²) in [6.07, 6.45) is 0. The van der Waals surface area contributed by atoms with Crippen molar-refractivity contribution in [2.45, 2.75) is 26.8 Å². The molecule has 0 radical (unpaired) electrons. The summed E-state index contributed by atoms with van der Waals surface area (Å²) in [5, 5.41) is 0. The van der Waals surface area contributed by atoms with Gasteiger partial charge in [0.25, 0.3) is 5.91 Å². The normalized spacial score (nSPS) is 15.9. The van der Waals surface area contributed by atoms with Crippen LogP contribution in [0.15, 0.2) is 54.6 Å². The second kappa shape index (κ2) is 6.23. The summed E-state index contributed by atoms with van der Waals surface area (Å²) in [5.74, 6) is -0.189. The van der Waals surface area contributed by atoms with Gasteiger partial charge in [-0.25, -0.2) is 0 Å². The van der Waals surface area contributed by atoms with Crippen LogP contribution < -0.4 is 4.90 Å². The molecule has 1 atom stereocenters. The van der Waals surface area contributed by atoms with Crippen molar-refractivity contribution in [1.29, 1.82) is 0 Å². The summed E-state index contributed by atoms with van der Waals surface area (Å²) >= 11 is 0. The van der Waals surface area contributed by atoms with Crippen LogP contribution in [0.5, 0.6) is 0 Å². The van der Waals surface area contributed by atoms with Crippen LogP contribution in [-0.4, -0.2) is 16.3 Å².